The van der Waals surface area contributed by atoms with E-state index in [0.717, 1.165) is 16.2 Å². The van der Waals surface area contributed by atoms with Crippen LogP contribution in [-0.4, -0.2) is 59.0 Å². The molecule has 3 aliphatic heterocycles. The van der Waals surface area contributed by atoms with Crippen molar-refractivity contribution in [3.63, 3.8) is 0 Å². The number of nitrogens with one attached hydrogen (secondary N) is 1. The van der Waals surface area contributed by atoms with Gasteiger partial charge >= 0.3 is 0 Å². The minimum atomic E-state index is -0.546. The van der Waals surface area contributed by atoms with Crippen LogP contribution in [0, 0.1) is 0 Å². The number of rotatable bonds is 12. The van der Waals surface area contributed by atoms with E-state index in [1.165, 1.54) is 83.8 Å². The molecule has 1 atom stereocenters. The van der Waals surface area contributed by atoms with Gasteiger partial charge in [-0.1, -0.05) is 44.6 Å². The number of thioether (sulfide) groups is 1. The average Bonchev–Trinajstić information content (AvgIpc) is 3.18. The second-order valence-corrected chi connectivity index (χ2v) is 11.0. The van der Waals surface area contributed by atoms with Crippen LogP contribution in [0.3, 0.4) is 0 Å². The Morgan fingerprint density at radius 1 is 0.912 bits per heavy atom. The number of carbonyl (C=O) groups excluding carboxylic acids is 3. The summed E-state index contributed by atoms with van der Waals surface area (Å²) >= 11 is 1.83. The molecule has 1 aromatic carbocycles. The number of unbranched alkanes of at least 4 members (excludes halogenated alkanes) is 6. The van der Waals surface area contributed by atoms with Crippen molar-refractivity contribution in [3.8, 4) is 0 Å². The van der Waals surface area contributed by atoms with Crippen LogP contribution in [0.1, 0.15) is 93.0 Å². The van der Waals surface area contributed by atoms with Crippen LogP contribution in [0.25, 0.3) is 0 Å². The Morgan fingerprint density at radius 2 is 1.65 bits per heavy atom. The van der Waals surface area contributed by atoms with Gasteiger partial charge in [0, 0.05) is 23.4 Å². The summed E-state index contributed by atoms with van der Waals surface area (Å²) in [5.41, 5.74) is 1.75. The first-order chi connectivity index (χ1) is 16.6. The topological polar surface area (TPSA) is 69.7 Å². The molecule has 2 fully saturated rings. The maximum absolute atomic E-state index is 12.9. The van der Waals surface area contributed by atoms with Gasteiger partial charge in [0.1, 0.15) is 6.04 Å². The van der Waals surface area contributed by atoms with Crippen LogP contribution in [0.5, 0.6) is 0 Å². The number of imide groups is 1. The molecule has 0 radical (unpaired) electrons. The molecule has 6 nitrogen and oxygen atoms in total. The fourth-order valence-electron chi connectivity index (χ4n) is 5.38. The van der Waals surface area contributed by atoms with Gasteiger partial charge in [0.2, 0.25) is 11.8 Å². The lowest BCUT2D eigenvalue weighted by Crippen LogP contribution is -2.52. The van der Waals surface area contributed by atoms with Crippen molar-refractivity contribution in [1.82, 2.24) is 15.1 Å². The molecule has 0 bridgehead atoms. The van der Waals surface area contributed by atoms with Gasteiger partial charge in [0.25, 0.3) is 5.91 Å². The van der Waals surface area contributed by atoms with Gasteiger partial charge < -0.3 is 9.80 Å². The molecule has 7 heteroatoms. The highest BCUT2D eigenvalue weighted by molar-refractivity contribution is 7.99. The molecule has 3 amide bonds. The smallest absolute Gasteiger partial charge is 0.255 e. The third-order valence-electron chi connectivity index (χ3n) is 7.36. The summed E-state index contributed by atoms with van der Waals surface area (Å²) < 4.78 is 0. The molecule has 0 aliphatic carbocycles. The Morgan fingerprint density at radius 3 is 2.41 bits per heavy atom. The van der Waals surface area contributed by atoms with Crippen LogP contribution in [0.15, 0.2) is 23.1 Å². The summed E-state index contributed by atoms with van der Waals surface area (Å²) in [6, 6.07) is 5.35. The molecule has 1 aromatic rings. The quantitative estimate of drug-likeness (QED) is 0.263. The summed E-state index contributed by atoms with van der Waals surface area (Å²) in [5.74, 6) is 0.363. The molecule has 2 saturated heterocycles. The Hall–Kier alpha value is -1.86. The van der Waals surface area contributed by atoms with Gasteiger partial charge in [0.05, 0.1) is 0 Å². The zero-order chi connectivity index (χ0) is 23.8. The van der Waals surface area contributed by atoms with Crippen molar-refractivity contribution in [1.29, 1.82) is 0 Å². The minimum Gasteiger partial charge on any atom is -0.322 e. The van der Waals surface area contributed by atoms with E-state index < -0.39 is 6.04 Å². The number of amides is 3. The number of likely N-dealkylation sites (tertiary alicyclic amines) is 1. The lowest BCUT2D eigenvalue weighted by Gasteiger charge is -2.29. The van der Waals surface area contributed by atoms with E-state index in [1.807, 2.05) is 23.9 Å². The zero-order valence-corrected chi connectivity index (χ0v) is 21.2. The SMILES string of the molecule is O=C1CCC(N2Cc3c(SCCCCCCCCCN4CCCCC4)cccc3C2=O)C(=O)N1. The minimum absolute atomic E-state index is 0.0905. The zero-order valence-electron chi connectivity index (χ0n) is 20.4. The maximum atomic E-state index is 12.9. The highest BCUT2D eigenvalue weighted by atomic mass is 32.2. The van der Waals surface area contributed by atoms with Crippen molar-refractivity contribution in [2.24, 2.45) is 0 Å². The average molecular weight is 486 g/mol. The molecule has 4 rings (SSSR count). The predicted octanol–water partition coefficient (Wildman–Crippen LogP) is 4.76. The third kappa shape index (κ3) is 6.63. The molecule has 34 heavy (non-hydrogen) atoms. The van der Waals surface area contributed by atoms with Crippen LogP contribution < -0.4 is 5.32 Å². The van der Waals surface area contributed by atoms with Crippen LogP contribution in [0.4, 0.5) is 0 Å². The van der Waals surface area contributed by atoms with E-state index in [2.05, 4.69) is 16.3 Å². The third-order valence-corrected chi connectivity index (χ3v) is 8.55. The van der Waals surface area contributed by atoms with Crippen molar-refractivity contribution in [2.75, 3.05) is 25.4 Å². The molecular weight excluding hydrogens is 446 g/mol. The summed E-state index contributed by atoms with van der Waals surface area (Å²) in [6.45, 7) is 4.37. The molecule has 186 valence electrons. The molecule has 1 N–H and O–H groups in total. The van der Waals surface area contributed by atoms with E-state index in [0.29, 0.717) is 18.5 Å². The van der Waals surface area contributed by atoms with E-state index in [1.54, 1.807) is 4.90 Å². The number of carbonyl (C=O) groups is 3. The number of nitrogens with zero attached hydrogens (tertiary/aromatic N) is 2. The molecule has 1 unspecified atom stereocenters. The number of fused-ring (bicyclic) bond motifs is 1. The predicted molar refractivity (Wildman–Crippen MR) is 136 cm³/mol. The molecule has 0 saturated carbocycles. The lowest BCUT2D eigenvalue weighted by atomic mass is 10.0. The largest absolute Gasteiger partial charge is 0.322 e. The fraction of sp³-hybridized carbons (Fsp3) is 0.667. The van der Waals surface area contributed by atoms with Gasteiger partial charge in [0.15, 0.2) is 0 Å². The highest BCUT2D eigenvalue weighted by Gasteiger charge is 2.39. The number of hydrogen-bond donors (Lipinski definition) is 1. The first-order valence-electron chi connectivity index (χ1n) is 13.2. The monoisotopic (exact) mass is 485 g/mol. The van der Waals surface area contributed by atoms with E-state index in [4.69, 9.17) is 0 Å². The normalized spacial score (nSPS) is 21.1. The van der Waals surface area contributed by atoms with Crippen LogP contribution in [0.2, 0.25) is 0 Å². The number of hydrogen-bond acceptors (Lipinski definition) is 5. The molecule has 3 heterocycles. The standard InChI is InChI=1S/C27H39N3O3S/c31-25-15-14-23(26(32)28-25)30-20-22-21(27(30)33)12-11-13-24(22)34-19-10-5-3-1-2-4-7-16-29-17-8-6-9-18-29/h11-13,23H,1-10,14-20H2,(H,28,31,32). The Balaban J connectivity index is 1.12. The Labute approximate surface area is 208 Å². The van der Waals surface area contributed by atoms with Crippen LogP contribution >= 0.6 is 11.8 Å². The van der Waals surface area contributed by atoms with Gasteiger partial charge in [-0.15, -0.1) is 11.8 Å². The van der Waals surface area contributed by atoms with Crippen LogP contribution in [-0.2, 0) is 16.1 Å². The van der Waals surface area contributed by atoms with Gasteiger partial charge in [-0.3, -0.25) is 19.7 Å². The highest BCUT2D eigenvalue weighted by Crippen LogP contribution is 2.34. The maximum Gasteiger partial charge on any atom is 0.255 e. The summed E-state index contributed by atoms with van der Waals surface area (Å²) in [7, 11) is 0. The number of piperidine rings is 2. The lowest BCUT2D eigenvalue weighted by molar-refractivity contribution is -0.136. The second kappa shape index (κ2) is 12.7. The molecule has 3 aliphatic rings. The second-order valence-electron chi connectivity index (χ2n) is 9.91. The summed E-state index contributed by atoms with van der Waals surface area (Å²) in [4.78, 5) is 42.1. The van der Waals surface area contributed by atoms with Gasteiger partial charge in [-0.2, -0.15) is 0 Å². The fourth-order valence-corrected chi connectivity index (χ4v) is 6.47. The van der Waals surface area contributed by atoms with Crippen molar-refractivity contribution in [3.05, 3.63) is 29.3 Å². The van der Waals surface area contributed by atoms with E-state index in [-0.39, 0.29) is 24.1 Å². The summed E-state index contributed by atoms with van der Waals surface area (Å²) in [5, 5.41) is 2.37. The van der Waals surface area contributed by atoms with Crippen molar-refractivity contribution in [2.45, 2.75) is 94.5 Å². The Kier molecular flexibility index (Phi) is 9.45. The van der Waals surface area contributed by atoms with Gasteiger partial charge in [-0.05, 0) is 75.2 Å². The van der Waals surface area contributed by atoms with Gasteiger partial charge in [-0.25, -0.2) is 0 Å². The van der Waals surface area contributed by atoms with E-state index >= 15 is 0 Å². The number of benzene rings is 1. The first kappa shape index (κ1) is 25.2. The molecule has 0 aromatic heterocycles. The molecule has 0 spiro atoms. The van der Waals surface area contributed by atoms with E-state index in [9.17, 15) is 14.4 Å². The summed E-state index contributed by atoms with van der Waals surface area (Å²) in [6.07, 6.45) is 14.0. The first-order valence-corrected chi connectivity index (χ1v) is 14.2. The van der Waals surface area contributed by atoms with Crippen molar-refractivity contribution >= 4 is 29.5 Å². The molecular formula is C27H39N3O3S. The Bertz CT molecular complexity index is 869. The van der Waals surface area contributed by atoms with Crippen molar-refractivity contribution < 1.29 is 14.4 Å².